The molecule has 0 aliphatic rings. The molecule has 0 amide bonds. The van der Waals surface area contributed by atoms with Gasteiger partial charge in [0.05, 0.1) is 6.42 Å². The van der Waals surface area contributed by atoms with E-state index in [-0.39, 0.29) is 6.42 Å². The number of carboxylic acid groups (broad SMARTS) is 1. The molecule has 1 heterocycles. The summed E-state index contributed by atoms with van der Waals surface area (Å²) in [6.45, 7) is 4.01. The number of hydrogen-bond acceptors (Lipinski definition) is 4. The second-order valence-electron chi connectivity index (χ2n) is 6.51. The number of para-hydroxylation sites is 1. The summed E-state index contributed by atoms with van der Waals surface area (Å²) < 4.78 is 5.91. The monoisotopic (exact) mass is 381 g/mol. The smallest absolute Gasteiger partial charge is 0.304 e. The molecule has 3 aromatic rings. The molecule has 0 unspecified atom stereocenters. The Kier molecular flexibility index (Phi) is 6.63. The van der Waals surface area contributed by atoms with Gasteiger partial charge >= 0.3 is 5.97 Å². The summed E-state index contributed by atoms with van der Waals surface area (Å²) >= 11 is 1.71. The number of carboxylic acids is 1. The van der Waals surface area contributed by atoms with E-state index in [1.54, 1.807) is 11.3 Å². The maximum Gasteiger partial charge on any atom is 0.304 e. The Bertz CT molecular complexity index is 876. The molecule has 0 aliphatic carbocycles. The first-order chi connectivity index (χ1) is 13.1. The minimum atomic E-state index is -0.775. The van der Waals surface area contributed by atoms with E-state index in [0.717, 1.165) is 23.6 Å². The van der Waals surface area contributed by atoms with E-state index in [0.29, 0.717) is 13.1 Å². The van der Waals surface area contributed by atoms with Crippen LogP contribution in [0.4, 0.5) is 0 Å². The van der Waals surface area contributed by atoms with Crippen molar-refractivity contribution in [2.45, 2.75) is 26.4 Å². The highest BCUT2D eigenvalue weighted by Crippen LogP contribution is 2.23. The Morgan fingerprint density at radius 1 is 1.04 bits per heavy atom. The van der Waals surface area contributed by atoms with Crippen molar-refractivity contribution in [2.75, 3.05) is 6.54 Å². The second kappa shape index (κ2) is 9.35. The highest BCUT2D eigenvalue weighted by Gasteiger charge is 2.11. The zero-order valence-electron chi connectivity index (χ0n) is 15.3. The first-order valence-corrected chi connectivity index (χ1v) is 9.76. The number of rotatable bonds is 9. The highest BCUT2D eigenvalue weighted by atomic mass is 32.1. The fourth-order valence-electron chi connectivity index (χ4n) is 2.85. The molecule has 0 bridgehead atoms. The molecule has 140 valence electrons. The van der Waals surface area contributed by atoms with Gasteiger partial charge in [0.1, 0.15) is 11.5 Å². The molecule has 0 saturated heterocycles. The SMILES string of the molecule is Cc1csc(CN(CCC(=O)O)Cc2cccc(Oc3ccccc3)c2)c1. The fraction of sp³-hybridized carbons (Fsp3) is 0.227. The maximum atomic E-state index is 11.0. The maximum absolute atomic E-state index is 11.0. The molecule has 0 radical (unpaired) electrons. The van der Waals surface area contributed by atoms with Crippen LogP contribution in [0.5, 0.6) is 11.5 Å². The number of benzene rings is 2. The molecule has 2 aromatic carbocycles. The molecule has 1 aromatic heterocycles. The van der Waals surface area contributed by atoms with Crippen LogP contribution < -0.4 is 4.74 Å². The summed E-state index contributed by atoms with van der Waals surface area (Å²) in [5, 5.41) is 11.2. The summed E-state index contributed by atoms with van der Waals surface area (Å²) in [6, 6.07) is 19.8. The standard InChI is InChI=1S/C22H23NO3S/c1-17-12-21(27-16-17)15-23(11-10-22(24)25)14-18-6-5-9-20(13-18)26-19-7-3-2-4-8-19/h2-9,12-13,16H,10-11,14-15H2,1H3,(H,24,25). The largest absolute Gasteiger partial charge is 0.481 e. The average Bonchev–Trinajstić information content (AvgIpc) is 3.06. The van der Waals surface area contributed by atoms with Crippen molar-refractivity contribution in [3.63, 3.8) is 0 Å². The van der Waals surface area contributed by atoms with E-state index in [4.69, 9.17) is 9.84 Å². The zero-order valence-corrected chi connectivity index (χ0v) is 16.1. The number of carbonyl (C=O) groups is 1. The zero-order chi connectivity index (χ0) is 19.1. The lowest BCUT2D eigenvalue weighted by molar-refractivity contribution is -0.137. The predicted octanol–water partition coefficient (Wildman–Crippen LogP) is 5.33. The average molecular weight is 381 g/mol. The van der Waals surface area contributed by atoms with Crippen LogP contribution in [-0.2, 0) is 17.9 Å². The number of nitrogens with zero attached hydrogens (tertiary/aromatic N) is 1. The minimum Gasteiger partial charge on any atom is -0.481 e. The molecular weight excluding hydrogens is 358 g/mol. The van der Waals surface area contributed by atoms with Crippen LogP contribution in [0.2, 0.25) is 0 Å². The van der Waals surface area contributed by atoms with Crippen LogP contribution in [0.1, 0.15) is 22.4 Å². The summed E-state index contributed by atoms with van der Waals surface area (Å²) in [5.41, 5.74) is 2.34. The van der Waals surface area contributed by atoms with Crippen LogP contribution in [-0.4, -0.2) is 22.5 Å². The number of thiophene rings is 1. The van der Waals surface area contributed by atoms with Crippen molar-refractivity contribution in [3.8, 4) is 11.5 Å². The third kappa shape index (κ3) is 6.24. The van der Waals surface area contributed by atoms with E-state index < -0.39 is 5.97 Å². The van der Waals surface area contributed by atoms with Gasteiger partial charge in [-0.1, -0.05) is 30.3 Å². The second-order valence-corrected chi connectivity index (χ2v) is 7.50. The van der Waals surface area contributed by atoms with Gasteiger partial charge in [0, 0.05) is 24.5 Å². The van der Waals surface area contributed by atoms with E-state index in [2.05, 4.69) is 23.3 Å². The summed E-state index contributed by atoms with van der Waals surface area (Å²) in [5.74, 6) is 0.804. The van der Waals surface area contributed by atoms with Crippen molar-refractivity contribution >= 4 is 17.3 Å². The lowest BCUT2D eigenvalue weighted by Crippen LogP contribution is -2.25. The Labute approximate surface area is 163 Å². The van der Waals surface area contributed by atoms with Crippen LogP contribution >= 0.6 is 11.3 Å². The van der Waals surface area contributed by atoms with Gasteiger partial charge in [-0.25, -0.2) is 0 Å². The van der Waals surface area contributed by atoms with Crippen molar-refractivity contribution < 1.29 is 14.6 Å². The normalized spacial score (nSPS) is 10.9. The van der Waals surface area contributed by atoms with Crippen molar-refractivity contribution in [3.05, 3.63) is 82.0 Å². The summed E-state index contributed by atoms with van der Waals surface area (Å²) in [4.78, 5) is 14.4. The highest BCUT2D eigenvalue weighted by molar-refractivity contribution is 7.10. The Morgan fingerprint density at radius 3 is 2.52 bits per heavy atom. The molecule has 27 heavy (non-hydrogen) atoms. The van der Waals surface area contributed by atoms with Gasteiger partial charge in [0.15, 0.2) is 0 Å². The number of aryl methyl sites for hydroxylation is 1. The van der Waals surface area contributed by atoms with Crippen LogP contribution in [0.3, 0.4) is 0 Å². The predicted molar refractivity (Wildman–Crippen MR) is 108 cm³/mol. The van der Waals surface area contributed by atoms with Crippen molar-refractivity contribution in [2.24, 2.45) is 0 Å². The van der Waals surface area contributed by atoms with Gasteiger partial charge in [0.25, 0.3) is 0 Å². The van der Waals surface area contributed by atoms with Crippen LogP contribution in [0, 0.1) is 6.92 Å². The quantitative estimate of drug-likeness (QED) is 0.544. The number of ether oxygens (including phenoxy) is 1. The summed E-state index contributed by atoms with van der Waals surface area (Å²) in [7, 11) is 0. The lowest BCUT2D eigenvalue weighted by atomic mass is 10.2. The molecular formula is C22H23NO3S. The van der Waals surface area contributed by atoms with Gasteiger partial charge in [0.2, 0.25) is 0 Å². The molecule has 5 heteroatoms. The Hall–Kier alpha value is -2.63. The van der Waals surface area contributed by atoms with Crippen molar-refractivity contribution in [1.82, 2.24) is 4.90 Å². The minimum absolute atomic E-state index is 0.130. The first kappa shape index (κ1) is 19.1. The van der Waals surface area contributed by atoms with Gasteiger partial charge in [-0.05, 0) is 53.8 Å². The molecule has 4 nitrogen and oxygen atoms in total. The van der Waals surface area contributed by atoms with Gasteiger partial charge < -0.3 is 9.84 Å². The van der Waals surface area contributed by atoms with Gasteiger partial charge in [-0.15, -0.1) is 11.3 Å². The molecule has 0 spiro atoms. The lowest BCUT2D eigenvalue weighted by Gasteiger charge is -2.21. The van der Waals surface area contributed by atoms with Crippen LogP contribution in [0.25, 0.3) is 0 Å². The Balaban J connectivity index is 1.70. The number of aliphatic carboxylic acids is 1. The topological polar surface area (TPSA) is 49.8 Å². The van der Waals surface area contributed by atoms with Gasteiger partial charge in [-0.2, -0.15) is 0 Å². The third-order valence-corrected chi connectivity index (χ3v) is 5.13. The Morgan fingerprint density at radius 2 is 1.81 bits per heavy atom. The van der Waals surface area contributed by atoms with Gasteiger partial charge in [-0.3, -0.25) is 9.69 Å². The van der Waals surface area contributed by atoms with E-state index >= 15 is 0 Å². The van der Waals surface area contributed by atoms with E-state index in [1.807, 2.05) is 54.6 Å². The molecule has 0 aliphatic heterocycles. The number of hydrogen-bond donors (Lipinski definition) is 1. The van der Waals surface area contributed by atoms with E-state index in [1.165, 1.54) is 10.4 Å². The molecule has 1 N–H and O–H groups in total. The first-order valence-electron chi connectivity index (χ1n) is 8.88. The molecule has 0 atom stereocenters. The molecule has 3 rings (SSSR count). The van der Waals surface area contributed by atoms with E-state index in [9.17, 15) is 4.79 Å². The molecule has 0 saturated carbocycles. The van der Waals surface area contributed by atoms with Crippen molar-refractivity contribution in [1.29, 1.82) is 0 Å². The third-order valence-electron chi connectivity index (χ3n) is 4.09. The molecule has 0 fully saturated rings. The summed E-state index contributed by atoms with van der Waals surface area (Å²) in [6.07, 6.45) is 0.130. The van der Waals surface area contributed by atoms with Crippen LogP contribution in [0.15, 0.2) is 66.0 Å². The fourth-order valence-corrected chi connectivity index (χ4v) is 3.77.